The van der Waals surface area contributed by atoms with E-state index in [1.165, 1.54) is 0 Å². The average molecular weight is 298 g/mol. The summed E-state index contributed by atoms with van der Waals surface area (Å²) in [6, 6.07) is -2.13. The standard InChI is InChI=1S/C7H11F6NO.Ni/c1-4(14(2)3)5(15,6(8,9)10)7(11,12)13;/h4,15H,1-3H3;. The molecule has 0 amide bonds. The first-order valence-corrected chi connectivity index (χ1v) is 3.88. The molecule has 0 aliphatic rings. The Bertz CT molecular complexity index is 212. The molecular weight excluding hydrogens is 287 g/mol. The summed E-state index contributed by atoms with van der Waals surface area (Å²) in [5.41, 5.74) is -4.72. The zero-order valence-electron chi connectivity index (χ0n) is 8.56. The van der Waals surface area contributed by atoms with Gasteiger partial charge in [-0.1, -0.05) is 0 Å². The van der Waals surface area contributed by atoms with Gasteiger partial charge in [0, 0.05) is 16.5 Å². The molecule has 0 radical (unpaired) electrons. The Morgan fingerprint density at radius 2 is 1.19 bits per heavy atom. The SMILES string of the molecule is CC(N(C)C)C(O)(C(F)(F)F)C(F)(F)F.[Ni]. The second-order valence-corrected chi connectivity index (χ2v) is 3.40. The van der Waals surface area contributed by atoms with Crippen LogP contribution in [0.25, 0.3) is 0 Å². The van der Waals surface area contributed by atoms with Crippen LogP contribution in [0.4, 0.5) is 26.3 Å². The molecule has 0 bridgehead atoms. The Balaban J connectivity index is 0. The molecule has 0 saturated heterocycles. The Labute approximate surface area is 98.5 Å². The Kier molecular flexibility index (Phi) is 5.85. The summed E-state index contributed by atoms with van der Waals surface area (Å²) in [5.74, 6) is 0. The van der Waals surface area contributed by atoms with Gasteiger partial charge in [0.25, 0.3) is 5.60 Å². The molecule has 1 unspecified atom stereocenters. The maximum atomic E-state index is 12.2. The predicted octanol–water partition coefficient (Wildman–Crippen LogP) is 1.79. The van der Waals surface area contributed by atoms with Crippen LogP contribution in [0.5, 0.6) is 0 Å². The zero-order valence-corrected chi connectivity index (χ0v) is 9.54. The minimum absolute atomic E-state index is 0. The summed E-state index contributed by atoms with van der Waals surface area (Å²) in [6.07, 6.45) is -11.5. The fraction of sp³-hybridized carbons (Fsp3) is 1.00. The largest absolute Gasteiger partial charge is 0.427 e. The smallest absolute Gasteiger partial charge is 0.372 e. The molecule has 0 spiro atoms. The average Bonchev–Trinajstić information content (AvgIpc) is 1.96. The molecule has 0 fully saturated rings. The summed E-state index contributed by atoms with van der Waals surface area (Å²) < 4.78 is 73.3. The molecule has 16 heavy (non-hydrogen) atoms. The molecule has 0 aliphatic carbocycles. The predicted molar refractivity (Wildman–Crippen MR) is 40.2 cm³/mol. The summed E-state index contributed by atoms with van der Waals surface area (Å²) in [6.45, 7) is 0.654. The Morgan fingerprint density at radius 3 is 1.25 bits per heavy atom. The normalized spacial score (nSPS) is 15.9. The van der Waals surface area contributed by atoms with Crippen LogP contribution in [0.15, 0.2) is 0 Å². The van der Waals surface area contributed by atoms with Crippen LogP contribution in [0.2, 0.25) is 0 Å². The van der Waals surface area contributed by atoms with E-state index in [4.69, 9.17) is 5.11 Å². The molecule has 102 valence electrons. The number of alkyl halides is 6. The molecule has 1 N–H and O–H groups in total. The maximum absolute atomic E-state index is 12.2. The maximum Gasteiger partial charge on any atom is 0.427 e. The van der Waals surface area contributed by atoms with Crippen LogP contribution in [0.3, 0.4) is 0 Å². The van der Waals surface area contributed by atoms with Gasteiger partial charge in [0.2, 0.25) is 0 Å². The molecule has 9 heteroatoms. The van der Waals surface area contributed by atoms with Crippen molar-refractivity contribution in [2.45, 2.75) is 30.9 Å². The summed E-state index contributed by atoms with van der Waals surface area (Å²) in [7, 11) is 2.04. The molecule has 0 aliphatic heterocycles. The van der Waals surface area contributed by atoms with E-state index in [0.29, 0.717) is 11.8 Å². The van der Waals surface area contributed by atoms with Gasteiger partial charge in [0.1, 0.15) is 0 Å². The van der Waals surface area contributed by atoms with Gasteiger partial charge in [0.05, 0.1) is 6.04 Å². The third-order valence-electron chi connectivity index (χ3n) is 2.24. The minimum Gasteiger partial charge on any atom is -0.372 e. The van der Waals surface area contributed by atoms with Crippen molar-refractivity contribution >= 4 is 0 Å². The van der Waals surface area contributed by atoms with Gasteiger partial charge in [-0.15, -0.1) is 0 Å². The molecule has 0 saturated carbocycles. The van der Waals surface area contributed by atoms with E-state index in [-0.39, 0.29) is 16.5 Å². The van der Waals surface area contributed by atoms with Gasteiger partial charge in [-0.3, -0.25) is 0 Å². The van der Waals surface area contributed by atoms with E-state index in [2.05, 4.69) is 0 Å². The second-order valence-electron chi connectivity index (χ2n) is 3.40. The van der Waals surface area contributed by atoms with Gasteiger partial charge < -0.3 is 10.0 Å². The topological polar surface area (TPSA) is 23.5 Å². The molecule has 0 aromatic rings. The summed E-state index contributed by atoms with van der Waals surface area (Å²) in [5, 5.41) is 8.83. The van der Waals surface area contributed by atoms with Crippen molar-refractivity contribution in [2.24, 2.45) is 0 Å². The van der Waals surface area contributed by atoms with Gasteiger partial charge in [0.15, 0.2) is 0 Å². The van der Waals surface area contributed by atoms with Crippen molar-refractivity contribution < 1.29 is 47.9 Å². The number of hydrogen-bond donors (Lipinski definition) is 1. The van der Waals surface area contributed by atoms with Gasteiger partial charge in [-0.25, -0.2) is 0 Å². The van der Waals surface area contributed by atoms with E-state index in [9.17, 15) is 26.3 Å². The quantitative estimate of drug-likeness (QED) is 0.620. The molecule has 0 aromatic heterocycles. The van der Waals surface area contributed by atoms with E-state index in [1.54, 1.807) is 0 Å². The molecule has 0 aromatic carbocycles. The number of nitrogens with zero attached hydrogens (tertiary/aromatic N) is 1. The molecule has 1 atom stereocenters. The zero-order chi connectivity index (χ0) is 12.7. The van der Waals surface area contributed by atoms with Crippen molar-refractivity contribution in [3.63, 3.8) is 0 Å². The van der Waals surface area contributed by atoms with Crippen LogP contribution < -0.4 is 0 Å². The van der Waals surface area contributed by atoms with Crippen molar-refractivity contribution in [1.82, 2.24) is 4.90 Å². The number of halogens is 6. The van der Waals surface area contributed by atoms with Crippen LogP contribution >= 0.6 is 0 Å². The van der Waals surface area contributed by atoms with Crippen LogP contribution in [-0.2, 0) is 16.5 Å². The van der Waals surface area contributed by atoms with Gasteiger partial charge in [-0.05, 0) is 21.0 Å². The molecule has 0 heterocycles. The number of rotatable bonds is 2. The monoisotopic (exact) mass is 297 g/mol. The molecular formula is C7H11F6NNiO. The van der Waals surface area contributed by atoms with Gasteiger partial charge in [-0.2, -0.15) is 26.3 Å². The van der Waals surface area contributed by atoms with Crippen LogP contribution in [0, 0.1) is 0 Å². The van der Waals surface area contributed by atoms with E-state index >= 15 is 0 Å². The van der Waals surface area contributed by atoms with E-state index in [1.807, 2.05) is 0 Å². The summed E-state index contributed by atoms with van der Waals surface area (Å²) >= 11 is 0. The van der Waals surface area contributed by atoms with Crippen molar-refractivity contribution in [2.75, 3.05) is 14.1 Å². The fourth-order valence-corrected chi connectivity index (χ4v) is 1.01. The second kappa shape index (κ2) is 5.10. The first-order valence-electron chi connectivity index (χ1n) is 3.88. The van der Waals surface area contributed by atoms with E-state index in [0.717, 1.165) is 14.1 Å². The third-order valence-corrected chi connectivity index (χ3v) is 2.24. The van der Waals surface area contributed by atoms with Crippen molar-refractivity contribution in [1.29, 1.82) is 0 Å². The molecule has 0 rings (SSSR count). The summed E-state index contributed by atoms with van der Waals surface area (Å²) in [4.78, 5) is 0.654. The van der Waals surface area contributed by atoms with Gasteiger partial charge >= 0.3 is 12.4 Å². The first-order chi connectivity index (χ1) is 6.35. The number of aliphatic hydroxyl groups is 1. The van der Waals surface area contributed by atoms with Crippen LogP contribution in [0.1, 0.15) is 6.92 Å². The fourth-order valence-electron chi connectivity index (χ4n) is 1.01. The third kappa shape index (κ3) is 3.01. The molecule has 2 nitrogen and oxygen atoms in total. The number of hydrogen-bond acceptors (Lipinski definition) is 2. The number of likely N-dealkylation sites (N-methyl/N-ethyl adjacent to an activating group) is 1. The Hall–Kier alpha value is -0.00649. The van der Waals surface area contributed by atoms with Crippen molar-refractivity contribution in [3.05, 3.63) is 0 Å². The minimum atomic E-state index is -5.77. The Morgan fingerprint density at radius 1 is 0.938 bits per heavy atom. The first kappa shape index (κ1) is 18.4. The van der Waals surface area contributed by atoms with E-state index < -0.39 is 24.0 Å². The van der Waals surface area contributed by atoms with Crippen molar-refractivity contribution in [3.8, 4) is 0 Å². The van der Waals surface area contributed by atoms with Crippen LogP contribution in [-0.4, -0.2) is 48.1 Å².